The molecule has 1 amide bonds. The number of aliphatic hydroxyl groups excluding tert-OH is 1. The Bertz CT molecular complexity index is 937. The molecule has 1 saturated heterocycles. The summed E-state index contributed by atoms with van der Waals surface area (Å²) in [6.07, 6.45) is 0.577. The number of ether oxygens (including phenoxy) is 2. The van der Waals surface area contributed by atoms with Gasteiger partial charge in [0.25, 0.3) is 11.7 Å². The summed E-state index contributed by atoms with van der Waals surface area (Å²) in [4.78, 5) is 27.2. The molecule has 1 N–H and O–H groups in total. The number of aliphatic hydroxyl groups is 1. The molecule has 0 bridgehead atoms. The Labute approximate surface area is 180 Å². The van der Waals surface area contributed by atoms with Crippen molar-refractivity contribution in [3.05, 3.63) is 70.3 Å². The van der Waals surface area contributed by atoms with Crippen molar-refractivity contribution in [2.45, 2.75) is 19.4 Å². The Balaban J connectivity index is 2.04. The third-order valence-electron chi connectivity index (χ3n) is 4.98. The minimum Gasteiger partial charge on any atom is -0.507 e. The van der Waals surface area contributed by atoms with Gasteiger partial charge in [-0.25, -0.2) is 0 Å². The number of halogens is 1. The number of benzene rings is 2. The molecular weight excluding hydrogens is 406 g/mol. The van der Waals surface area contributed by atoms with Crippen LogP contribution in [0.4, 0.5) is 0 Å². The Morgan fingerprint density at radius 3 is 2.37 bits per heavy atom. The third kappa shape index (κ3) is 4.50. The summed E-state index contributed by atoms with van der Waals surface area (Å²) in [7, 11) is 1.54. The fourth-order valence-electron chi connectivity index (χ4n) is 3.49. The first-order chi connectivity index (χ1) is 14.5. The van der Waals surface area contributed by atoms with Crippen LogP contribution in [0.25, 0.3) is 5.76 Å². The second kappa shape index (κ2) is 9.78. The summed E-state index contributed by atoms with van der Waals surface area (Å²) in [5.41, 5.74) is 1.19. The van der Waals surface area contributed by atoms with E-state index >= 15 is 0 Å². The topological polar surface area (TPSA) is 76.1 Å². The number of nitrogens with zero attached hydrogens (tertiary/aromatic N) is 1. The number of rotatable bonds is 8. The van der Waals surface area contributed by atoms with Crippen molar-refractivity contribution in [3.8, 4) is 5.75 Å². The molecule has 1 aliphatic rings. The van der Waals surface area contributed by atoms with Gasteiger partial charge in [0, 0.05) is 30.3 Å². The van der Waals surface area contributed by atoms with Crippen molar-refractivity contribution in [3.63, 3.8) is 0 Å². The lowest BCUT2D eigenvalue weighted by Crippen LogP contribution is -2.31. The van der Waals surface area contributed by atoms with Crippen LogP contribution in [0.3, 0.4) is 0 Å². The van der Waals surface area contributed by atoms with Gasteiger partial charge in [0.05, 0.1) is 18.7 Å². The zero-order valence-electron chi connectivity index (χ0n) is 16.9. The molecule has 0 spiro atoms. The molecule has 3 rings (SSSR count). The maximum Gasteiger partial charge on any atom is 0.295 e. The highest BCUT2D eigenvalue weighted by molar-refractivity contribution is 6.46. The average molecular weight is 430 g/mol. The summed E-state index contributed by atoms with van der Waals surface area (Å²) in [6.45, 7) is 3.29. The van der Waals surface area contributed by atoms with Crippen LogP contribution in [-0.4, -0.2) is 48.6 Å². The van der Waals surface area contributed by atoms with Gasteiger partial charge in [-0.15, -0.1) is 0 Å². The van der Waals surface area contributed by atoms with Crippen LogP contribution in [0.1, 0.15) is 30.5 Å². The van der Waals surface area contributed by atoms with Crippen molar-refractivity contribution in [2.75, 3.05) is 26.9 Å². The molecule has 0 aliphatic carbocycles. The van der Waals surface area contributed by atoms with Gasteiger partial charge < -0.3 is 19.5 Å². The lowest BCUT2D eigenvalue weighted by Gasteiger charge is -2.25. The molecule has 2 aromatic rings. The molecular formula is C23H24ClNO5. The fraction of sp³-hybridized carbons (Fsp3) is 0.304. The monoisotopic (exact) mass is 429 g/mol. The first-order valence-corrected chi connectivity index (χ1v) is 10.1. The van der Waals surface area contributed by atoms with E-state index in [4.69, 9.17) is 21.1 Å². The normalized spacial score (nSPS) is 18.1. The molecule has 0 radical (unpaired) electrons. The molecule has 0 aromatic heterocycles. The van der Waals surface area contributed by atoms with Crippen LogP contribution < -0.4 is 4.74 Å². The van der Waals surface area contributed by atoms with E-state index in [0.29, 0.717) is 48.1 Å². The first-order valence-electron chi connectivity index (χ1n) is 9.74. The fourth-order valence-corrected chi connectivity index (χ4v) is 3.61. The smallest absolute Gasteiger partial charge is 0.295 e. The van der Waals surface area contributed by atoms with E-state index in [9.17, 15) is 14.7 Å². The number of amides is 1. The summed E-state index contributed by atoms with van der Waals surface area (Å²) < 4.78 is 10.5. The van der Waals surface area contributed by atoms with Gasteiger partial charge >= 0.3 is 0 Å². The van der Waals surface area contributed by atoms with E-state index in [1.54, 1.807) is 55.6 Å². The molecule has 30 heavy (non-hydrogen) atoms. The van der Waals surface area contributed by atoms with Gasteiger partial charge in [0.2, 0.25) is 0 Å². The van der Waals surface area contributed by atoms with Gasteiger partial charge in [-0.05, 0) is 55.3 Å². The van der Waals surface area contributed by atoms with E-state index in [2.05, 4.69) is 0 Å². The van der Waals surface area contributed by atoms with Crippen LogP contribution in [0.5, 0.6) is 5.75 Å². The van der Waals surface area contributed by atoms with Gasteiger partial charge in [-0.1, -0.05) is 23.7 Å². The number of likely N-dealkylation sites (tertiary alicyclic amines) is 1. The Morgan fingerprint density at radius 2 is 1.77 bits per heavy atom. The Hall–Kier alpha value is -2.83. The maximum atomic E-state index is 12.9. The molecule has 7 heteroatoms. The summed E-state index contributed by atoms with van der Waals surface area (Å²) in [6, 6.07) is 12.9. The molecule has 1 fully saturated rings. The minimum absolute atomic E-state index is 0.0592. The number of methoxy groups -OCH3 is 1. The Morgan fingerprint density at radius 1 is 1.10 bits per heavy atom. The quantitative estimate of drug-likeness (QED) is 0.294. The van der Waals surface area contributed by atoms with Crippen molar-refractivity contribution < 1.29 is 24.2 Å². The lowest BCUT2D eigenvalue weighted by molar-refractivity contribution is -0.140. The summed E-state index contributed by atoms with van der Waals surface area (Å²) >= 11 is 6.02. The molecule has 1 unspecified atom stereocenters. The number of ketones is 1. The van der Waals surface area contributed by atoms with Crippen LogP contribution in [0, 0.1) is 0 Å². The van der Waals surface area contributed by atoms with Gasteiger partial charge in [-0.2, -0.15) is 0 Å². The number of carbonyl (C=O) groups excluding carboxylic acids is 2. The predicted octanol–water partition coefficient (Wildman–Crippen LogP) is 4.20. The number of Topliss-reactive ketones (excluding diaryl/α,β-unsaturated/α-hetero) is 1. The standard InChI is InChI=1S/C23H24ClNO5/c1-3-30-14-4-13-25-20(15-5-9-17(24)10-6-15)19(22(27)23(25)28)21(26)16-7-11-18(29-2)12-8-16/h5-12,20,26H,3-4,13-14H2,1-2H3/b21-19-. The van der Waals surface area contributed by atoms with Gasteiger partial charge in [0.15, 0.2) is 0 Å². The van der Waals surface area contributed by atoms with E-state index in [1.165, 1.54) is 4.90 Å². The number of hydrogen-bond acceptors (Lipinski definition) is 5. The molecule has 1 atom stereocenters. The largest absolute Gasteiger partial charge is 0.507 e. The van der Waals surface area contributed by atoms with Crippen LogP contribution in [-0.2, 0) is 14.3 Å². The highest BCUT2D eigenvalue weighted by Crippen LogP contribution is 2.39. The third-order valence-corrected chi connectivity index (χ3v) is 5.23. The van der Waals surface area contributed by atoms with Crippen LogP contribution in [0.15, 0.2) is 54.1 Å². The average Bonchev–Trinajstić information content (AvgIpc) is 3.01. The summed E-state index contributed by atoms with van der Waals surface area (Å²) in [5, 5.41) is 11.5. The molecule has 158 valence electrons. The second-order valence-electron chi connectivity index (χ2n) is 6.82. The zero-order chi connectivity index (χ0) is 21.7. The lowest BCUT2D eigenvalue weighted by atomic mass is 9.95. The van der Waals surface area contributed by atoms with Gasteiger partial charge in [-0.3, -0.25) is 9.59 Å². The Kier molecular flexibility index (Phi) is 7.13. The highest BCUT2D eigenvalue weighted by Gasteiger charge is 2.45. The van der Waals surface area contributed by atoms with Crippen molar-refractivity contribution in [1.82, 2.24) is 4.90 Å². The molecule has 1 aliphatic heterocycles. The molecule has 1 heterocycles. The first kappa shape index (κ1) is 21.9. The van der Waals surface area contributed by atoms with E-state index < -0.39 is 17.7 Å². The van der Waals surface area contributed by atoms with E-state index in [-0.39, 0.29) is 11.3 Å². The summed E-state index contributed by atoms with van der Waals surface area (Å²) in [5.74, 6) is -0.943. The maximum absolute atomic E-state index is 12.9. The highest BCUT2D eigenvalue weighted by atomic mass is 35.5. The molecule has 6 nitrogen and oxygen atoms in total. The van der Waals surface area contributed by atoms with Crippen molar-refractivity contribution >= 4 is 29.1 Å². The number of hydrogen-bond donors (Lipinski definition) is 1. The van der Waals surface area contributed by atoms with Crippen LogP contribution in [0.2, 0.25) is 5.02 Å². The van der Waals surface area contributed by atoms with E-state index in [0.717, 1.165) is 0 Å². The zero-order valence-corrected chi connectivity index (χ0v) is 17.7. The van der Waals surface area contributed by atoms with Gasteiger partial charge in [0.1, 0.15) is 11.5 Å². The predicted molar refractivity (Wildman–Crippen MR) is 115 cm³/mol. The molecule has 2 aromatic carbocycles. The molecule has 0 saturated carbocycles. The van der Waals surface area contributed by atoms with Crippen molar-refractivity contribution in [1.29, 1.82) is 0 Å². The van der Waals surface area contributed by atoms with Crippen LogP contribution >= 0.6 is 11.6 Å². The SMILES string of the molecule is CCOCCCN1C(=O)C(=O)/C(=C(\O)c2ccc(OC)cc2)C1c1ccc(Cl)cc1. The second-order valence-corrected chi connectivity index (χ2v) is 7.26. The number of carbonyl (C=O) groups is 2. The van der Waals surface area contributed by atoms with E-state index in [1.807, 2.05) is 6.92 Å². The van der Waals surface area contributed by atoms with Crippen molar-refractivity contribution in [2.24, 2.45) is 0 Å². The minimum atomic E-state index is -0.709.